The van der Waals surface area contributed by atoms with E-state index in [0.717, 1.165) is 0 Å². The Labute approximate surface area is 78.9 Å². The van der Waals surface area contributed by atoms with Crippen molar-refractivity contribution < 1.29 is 0 Å². The molecule has 0 radical (unpaired) electrons. The van der Waals surface area contributed by atoms with Crippen LogP contribution in [0.15, 0.2) is 30.3 Å². The van der Waals surface area contributed by atoms with Crippen LogP contribution in [0.25, 0.3) is 0 Å². The summed E-state index contributed by atoms with van der Waals surface area (Å²) in [7, 11) is 2.11. The molecule has 1 aromatic carbocycles. The molecule has 1 aromatic rings. The van der Waals surface area contributed by atoms with Gasteiger partial charge in [-0.25, -0.2) is 4.31 Å². The highest BCUT2D eigenvalue weighted by Crippen LogP contribution is 2.22. The molecule has 0 aromatic heterocycles. The van der Waals surface area contributed by atoms with Gasteiger partial charge < -0.3 is 0 Å². The van der Waals surface area contributed by atoms with E-state index in [1.165, 1.54) is 5.56 Å². The maximum absolute atomic E-state index is 2.25. The minimum absolute atomic E-state index is 0.487. The fraction of sp³-hybridized carbons (Fsp3) is 0.400. The summed E-state index contributed by atoms with van der Waals surface area (Å²) in [6, 6.07) is 11.0. The van der Waals surface area contributed by atoms with Crippen LogP contribution in [0.3, 0.4) is 0 Å². The molecule has 66 valence electrons. The second-order valence-electron chi connectivity index (χ2n) is 2.82. The van der Waals surface area contributed by atoms with Crippen LogP contribution in [0.2, 0.25) is 0 Å². The van der Waals surface area contributed by atoms with Gasteiger partial charge in [0.1, 0.15) is 0 Å². The highest BCUT2D eigenvalue weighted by atomic mass is 32.2. The molecule has 0 heterocycles. The Hall–Kier alpha value is -0.470. The molecule has 12 heavy (non-hydrogen) atoms. The largest absolute Gasteiger partial charge is 0.247 e. The van der Waals surface area contributed by atoms with Crippen molar-refractivity contribution in [2.45, 2.75) is 13.0 Å². The zero-order valence-corrected chi connectivity index (χ0v) is 8.64. The van der Waals surface area contributed by atoms with Crippen LogP contribution in [-0.2, 0) is 0 Å². The van der Waals surface area contributed by atoms with E-state index < -0.39 is 0 Å². The summed E-state index contributed by atoms with van der Waals surface area (Å²) in [4.78, 5) is 0. The molecule has 0 aliphatic rings. The molecule has 0 fully saturated rings. The van der Waals surface area contributed by atoms with E-state index in [-0.39, 0.29) is 0 Å². The van der Waals surface area contributed by atoms with E-state index in [9.17, 15) is 0 Å². The normalized spacial score (nSPS) is 13.3. The lowest BCUT2D eigenvalue weighted by Crippen LogP contribution is -2.13. The average Bonchev–Trinajstić information content (AvgIpc) is 2.17. The Kier molecular flexibility index (Phi) is 3.63. The summed E-state index contributed by atoms with van der Waals surface area (Å²) in [5, 5.41) is 0. The van der Waals surface area contributed by atoms with Gasteiger partial charge in [-0.05, 0) is 25.8 Å². The zero-order valence-electron chi connectivity index (χ0n) is 7.82. The lowest BCUT2D eigenvalue weighted by atomic mass is 10.1. The highest BCUT2D eigenvalue weighted by Gasteiger charge is 2.08. The van der Waals surface area contributed by atoms with Crippen molar-refractivity contribution in [2.75, 3.05) is 13.3 Å². The van der Waals surface area contributed by atoms with Crippen LogP contribution < -0.4 is 0 Å². The molecule has 1 atom stereocenters. The van der Waals surface area contributed by atoms with E-state index in [0.29, 0.717) is 6.04 Å². The monoisotopic (exact) mass is 181 g/mol. The zero-order chi connectivity index (χ0) is 8.97. The SMILES string of the molecule is CSN(C)C(C)c1ccccc1. The third-order valence-corrected chi connectivity index (χ3v) is 3.01. The second kappa shape index (κ2) is 4.53. The van der Waals surface area contributed by atoms with Gasteiger partial charge in [-0.15, -0.1) is 0 Å². The third-order valence-electron chi connectivity index (χ3n) is 2.12. The molecule has 0 N–H and O–H groups in total. The molecule has 1 unspecified atom stereocenters. The van der Waals surface area contributed by atoms with Gasteiger partial charge >= 0.3 is 0 Å². The summed E-state index contributed by atoms with van der Waals surface area (Å²) in [6.07, 6.45) is 2.10. The fourth-order valence-electron chi connectivity index (χ4n) is 1.10. The van der Waals surface area contributed by atoms with E-state index in [4.69, 9.17) is 0 Å². The molecule has 1 nitrogen and oxygen atoms in total. The van der Waals surface area contributed by atoms with Crippen molar-refractivity contribution >= 4 is 11.9 Å². The van der Waals surface area contributed by atoms with Gasteiger partial charge in [-0.2, -0.15) is 0 Å². The summed E-state index contributed by atoms with van der Waals surface area (Å²) >= 11 is 1.76. The van der Waals surface area contributed by atoms with Crippen LogP contribution in [0.1, 0.15) is 18.5 Å². The molecule has 2 heteroatoms. The predicted molar refractivity (Wildman–Crippen MR) is 56.1 cm³/mol. The first kappa shape index (κ1) is 9.62. The van der Waals surface area contributed by atoms with Crippen molar-refractivity contribution in [3.63, 3.8) is 0 Å². The molecule has 0 amide bonds. The lowest BCUT2D eigenvalue weighted by molar-refractivity contribution is 0.454. The van der Waals surface area contributed by atoms with Crippen LogP contribution in [0, 0.1) is 0 Å². The third kappa shape index (κ3) is 2.26. The molecule has 0 aliphatic carbocycles. The number of nitrogens with zero attached hydrogens (tertiary/aromatic N) is 1. The van der Waals surface area contributed by atoms with Gasteiger partial charge in [0.15, 0.2) is 0 Å². The quantitative estimate of drug-likeness (QED) is 0.660. The van der Waals surface area contributed by atoms with Gasteiger partial charge in [0.2, 0.25) is 0 Å². The van der Waals surface area contributed by atoms with Gasteiger partial charge in [0, 0.05) is 6.04 Å². The van der Waals surface area contributed by atoms with Gasteiger partial charge in [-0.1, -0.05) is 42.3 Å². The number of hydrogen-bond acceptors (Lipinski definition) is 2. The number of benzene rings is 1. The lowest BCUT2D eigenvalue weighted by Gasteiger charge is -2.21. The molecule has 1 rings (SSSR count). The van der Waals surface area contributed by atoms with E-state index in [2.05, 4.69) is 54.9 Å². The van der Waals surface area contributed by atoms with Crippen molar-refractivity contribution in [1.82, 2.24) is 4.31 Å². The Bertz CT molecular complexity index is 223. The number of hydrogen-bond donors (Lipinski definition) is 0. The maximum Gasteiger partial charge on any atom is 0.0420 e. The topological polar surface area (TPSA) is 3.24 Å². The first-order chi connectivity index (χ1) is 5.75. The van der Waals surface area contributed by atoms with Gasteiger partial charge in [-0.3, -0.25) is 0 Å². The van der Waals surface area contributed by atoms with Crippen LogP contribution in [-0.4, -0.2) is 17.6 Å². The molecule has 0 bridgehead atoms. The Morgan fingerprint density at radius 3 is 2.33 bits per heavy atom. The van der Waals surface area contributed by atoms with Crippen molar-refractivity contribution in [2.24, 2.45) is 0 Å². The van der Waals surface area contributed by atoms with E-state index in [1.54, 1.807) is 11.9 Å². The van der Waals surface area contributed by atoms with Gasteiger partial charge in [0.25, 0.3) is 0 Å². The predicted octanol–water partition coefficient (Wildman–Crippen LogP) is 2.96. The number of rotatable bonds is 3. The van der Waals surface area contributed by atoms with E-state index >= 15 is 0 Å². The van der Waals surface area contributed by atoms with Gasteiger partial charge in [0.05, 0.1) is 0 Å². The maximum atomic E-state index is 2.25. The first-order valence-corrected chi connectivity index (χ1v) is 5.25. The summed E-state index contributed by atoms with van der Waals surface area (Å²) < 4.78 is 2.25. The van der Waals surface area contributed by atoms with Crippen molar-refractivity contribution in [3.8, 4) is 0 Å². The molecular weight excluding hydrogens is 166 g/mol. The molecule has 0 saturated heterocycles. The molecular formula is C10H15NS. The Morgan fingerprint density at radius 2 is 1.83 bits per heavy atom. The van der Waals surface area contributed by atoms with Crippen LogP contribution in [0.5, 0.6) is 0 Å². The van der Waals surface area contributed by atoms with Crippen LogP contribution in [0.4, 0.5) is 0 Å². The molecule has 0 saturated carbocycles. The fourth-order valence-corrected chi connectivity index (χ4v) is 1.54. The molecule has 0 spiro atoms. The van der Waals surface area contributed by atoms with Crippen molar-refractivity contribution in [3.05, 3.63) is 35.9 Å². The van der Waals surface area contributed by atoms with Crippen molar-refractivity contribution in [1.29, 1.82) is 0 Å². The standard InChI is InChI=1S/C10H15NS/c1-9(11(2)12-3)10-7-5-4-6-8-10/h4-9H,1-3H3. The Morgan fingerprint density at radius 1 is 1.25 bits per heavy atom. The first-order valence-electron chi connectivity index (χ1n) is 4.07. The highest BCUT2D eigenvalue weighted by molar-refractivity contribution is 7.96. The second-order valence-corrected chi connectivity index (χ2v) is 3.76. The smallest absolute Gasteiger partial charge is 0.0420 e. The summed E-state index contributed by atoms with van der Waals surface area (Å²) in [5.74, 6) is 0. The summed E-state index contributed by atoms with van der Waals surface area (Å²) in [5.41, 5.74) is 1.37. The Balaban J connectivity index is 2.71. The minimum atomic E-state index is 0.487. The van der Waals surface area contributed by atoms with Crippen LogP contribution >= 0.6 is 11.9 Å². The minimum Gasteiger partial charge on any atom is -0.247 e. The summed E-state index contributed by atoms with van der Waals surface area (Å²) in [6.45, 7) is 2.21. The molecule has 0 aliphatic heterocycles. The van der Waals surface area contributed by atoms with E-state index in [1.807, 2.05) is 0 Å². The average molecular weight is 181 g/mol.